The Bertz CT molecular complexity index is 684. The molecule has 5 nitrogen and oxygen atoms in total. The lowest BCUT2D eigenvalue weighted by Gasteiger charge is -2.12. The SMILES string of the molecule is COc1ccc(NC(=O)COc2cccc(C)c2C)cc1N. The topological polar surface area (TPSA) is 73.6 Å². The number of nitrogens with two attached hydrogens (primary N) is 1. The van der Waals surface area contributed by atoms with Crippen LogP contribution in [0.15, 0.2) is 36.4 Å². The summed E-state index contributed by atoms with van der Waals surface area (Å²) in [6.45, 7) is 3.91. The number of hydrogen-bond donors (Lipinski definition) is 2. The molecule has 0 heterocycles. The standard InChI is InChI=1S/C17H20N2O3/c1-11-5-4-6-15(12(11)2)22-10-17(20)19-13-7-8-16(21-3)14(18)9-13/h4-9H,10,18H2,1-3H3,(H,19,20). The molecule has 0 spiro atoms. The second-order valence-electron chi connectivity index (χ2n) is 4.99. The molecule has 0 aliphatic heterocycles. The van der Waals surface area contributed by atoms with Crippen molar-refractivity contribution in [3.63, 3.8) is 0 Å². The number of benzene rings is 2. The number of nitrogen functional groups attached to an aromatic ring is 1. The number of aryl methyl sites for hydroxylation is 1. The summed E-state index contributed by atoms with van der Waals surface area (Å²) in [5, 5.41) is 2.74. The van der Waals surface area contributed by atoms with Crippen LogP contribution in [0.25, 0.3) is 0 Å². The zero-order valence-electron chi connectivity index (χ0n) is 13.0. The number of hydrogen-bond acceptors (Lipinski definition) is 4. The molecule has 22 heavy (non-hydrogen) atoms. The molecule has 0 atom stereocenters. The minimum Gasteiger partial charge on any atom is -0.495 e. The Morgan fingerprint density at radius 3 is 2.64 bits per heavy atom. The third-order valence-corrected chi connectivity index (χ3v) is 3.43. The van der Waals surface area contributed by atoms with Gasteiger partial charge < -0.3 is 20.5 Å². The quantitative estimate of drug-likeness (QED) is 0.833. The van der Waals surface area contributed by atoms with Gasteiger partial charge in [0.1, 0.15) is 11.5 Å². The highest BCUT2D eigenvalue weighted by atomic mass is 16.5. The monoisotopic (exact) mass is 300 g/mol. The normalized spacial score (nSPS) is 10.1. The predicted molar refractivity (Wildman–Crippen MR) is 87.4 cm³/mol. The Morgan fingerprint density at radius 2 is 1.95 bits per heavy atom. The van der Waals surface area contributed by atoms with Gasteiger partial charge in [-0.05, 0) is 49.2 Å². The van der Waals surface area contributed by atoms with E-state index in [4.69, 9.17) is 15.2 Å². The summed E-state index contributed by atoms with van der Waals surface area (Å²) in [7, 11) is 1.54. The van der Waals surface area contributed by atoms with Gasteiger partial charge in [-0.15, -0.1) is 0 Å². The fourth-order valence-electron chi connectivity index (χ4n) is 2.03. The number of nitrogens with one attached hydrogen (secondary N) is 1. The van der Waals surface area contributed by atoms with Crippen LogP contribution in [0.2, 0.25) is 0 Å². The molecular formula is C17H20N2O3. The number of carbonyl (C=O) groups is 1. The Hall–Kier alpha value is -2.69. The van der Waals surface area contributed by atoms with Crippen LogP contribution in [0, 0.1) is 13.8 Å². The molecule has 116 valence electrons. The van der Waals surface area contributed by atoms with Crippen LogP contribution in [0.1, 0.15) is 11.1 Å². The smallest absolute Gasteiger partial charge is 0.262 e. The minimum absolute atomic E-state index is 0.0593. The number of anilines is 2. The van der Waals surface area contributed by atoms with Crippen LogP contribution in [-0.2, 0) is 4.79 Å². The third kappa shape index (κ3) is 3.69. The Kier molecular flexibility index (Phi) is 4.88. The Labute approximate surface area is 130 Å². The van der Waals surface area contributed by atoms with Crippen LogP contribution >= 0.6 is 0 Å². The molecule has 0 radical (unpaired) electrons. The molecule has 2 aromatic carbocycles. The third-order valence-electron chi connectivity index (χ3n) is 3.43. The van der Waals surface area contributed by atoms with Gasteiger partial charge in [-0.1, -0.05) is 12.1 Å². The van der Waals surface area contributed by atoms with Crippen LogP contribution in [0.5, 0.6) is 11.5 Å². The van der Waals surface area contributed by atoms with Gasteiger partial charge in [0.15, 0.2) is 6.61 Å². The lowest BCUT2D eigenvalue weighted by Crippen LogP contribution is -2.20. The van der Waals surface area contributed by atoms with E-state index in [1.807, 2.05) is 32.0 Å². The molecule has 0 unspecified atom stereocenters. The van der Waals surface area contributed by atoms with Gasteiger partial charge in [-0.25, -0.2) is 0 Å². The first kappa shape index (κ1) is 15.7. The summed E-state index contributed by atoms with van der Waals surface area (Å²) in [4.78, 5) is 11.9. The number of carbonyl (C=O) groups excluding carboxylic acids is 1. The van der Waals surface area contributed by atoms with Gasteiger partial charge in [0.05, 0.1) is 12.8 Å². The lowest BCUT2D eigenvalue weighted by atomic mass is 10.1. The molecule has 0 fully saturated rings. The van der Waals surface area contributed by atoms with Gasteiger partial charge in [0.2, 0.25) is 0 Å². The van der Waals surface area contributed by atoms with Gasteiger partial charge in [0.25, 0.3) is 5.91 Å². The first-order valence-electron chi connectivity index (χ1n) is 6.93. The molecular weight excluding hydrogens is 280 g/mol. The molecule has 1 amide bonds. The van der Waals surface area contributed by atoms with E-state index in [0.717, 1.165) is 11.1 Å². The fourth-order valence-corrected chi connectivity index (χ4v) is 2.03. The molecule has 0 aliphatic carbocycles. The number of amides is 1. The van der Waals surface area contributed by atoms with E-state index in [1.165, 1.54) is 0 Å². The molecule has 0 saturated heterocycles. The van der Waals surface area contributed by atoms with Crippen LogP contribution in [0.4, 0.5) is 11.4 Å². The average Bonchev–Trinajstić information content (AvgIpc) is 2.49. The van der Waals surface area contributed by atoms with Crippen LogP contribution in [0.3, 0.4) is 0 Å². The van der Waals surface area contributed by atoms with Gasteiger partial charge in [-0.3, -0.25) is 4.79 Å². The molecule has 0 aromatic heterocycles. The Balaban J connectivity index is 1.96. The molecule has 0 bridgehead atoms. The van der Waals surface area contributed by atoms with Gasteiger partial charge in [0, 0.05) is 5.69 Å². The largest absolute Gasteiger partial charge is 0.495 e. The predicted octanol–water partition coefficient (Wildman–Crippen LogP) is 2.91. The molecule has 2 rings (SSSR count). The summed E-state index contributed by atoms with van der Waals surface area (Å²) in [5.41, 5.74) is 9.03. The molecule has 2 aromatic rings. The Morgan fingerprint density at radius 1 is 1.18 bits per heavy atom. The van der Waals surface area contributed by atoms with Crippen molar-refractivity contribution in [3.8, 4) is 11.5 Å². The van der Waals surface area contributed by atoms with E-state index in [2.05, 4.69) is 5.32 Å². The second kappa shape index (κ2) is 6.85. The number of rotatable bonds is 5. The molecule has 0 saturated carbocycles. The molecule has 0 aliphatic rings. The fraction of sp³-hybridized carbons (Fsp3) is 0.235. The van der Waals surface area contributed by atoms with Crippen molar-refractivity contribution in [3.05, 3.63) is 47.5 Å². The van der Waals surface area contributed by atoms with Gasteiger partial charge in [-0.2, -0.15) is 0 Å². The van der Waals surface area contributed by atoms with Crippen molar-refractivity contribution in [2.45, 2.75) is 13.8 Å². The van der Waals surface area contributed by atoms with E-state index in [9.17, 15) is 4.79 Å². The van der Waals surface area contributed by atoms with E-state index < -0.39 is 0 Å². The summed E-state index contributed by atoms with van der Waals surface area (Å²) in [6.07, 6.45) is 0. The van der Waals surface area contributed by atoms with E-state index >= 15 is 0 Å². The first-order chi connectivity index (χ1) is 10.5. The van der Waals surface area contributed by atoms with E-state index in [-0.39, 0.29) is 12.5 Å². The highest BCUT2D eigenvalue weighted by Gasteiger charge is 2.08. The highest BCUT2D eigenvalue weighted by Crippen LogP contribution is 2.24. The summed E-state index contributed by atoms with van der Waals surface area (Å²) >= 11 is 0. The van der Waals surface area contributed by atoms with Crippen LogP contribution in [-0.4, -0.2) is 19.6 Å². The van der Waals surface area contributed by atoms with Crippen molar-refractivity contribution in [1.29, 1.82) is 0 Å². The lowest BCUT2D eigenvalue weighted by molar-refractivity contribution is -0.118. The van der Waals surface area contributed by atoms with E-state index in [0.29, 0.717) is 22.9 Å². The van der Waals surface area contributed by atoms with Gasteiger partial charge >= 0.3 is 0 Å². The average molecular weight is 300 g/mol. The molecule has 5 heteroatoms. The highest BCUT2D eigenvalue weighted by molar-refractivity contribution is 5.92. The van der Waals surface area contributed by atoms with Crippen molar-refractivity contribution in [2.75, 3.05) is 24.8 Å². The maximum absolute atomic E-state index is 11.9. The van der Waals surface area contributed by atoms with Crippen molar-refractivity contribution >= 4 is 17.3 Å². The molecule has 3 N–H and O–H groups in total. The number of methoxy groups -OCH3 is 1. The zero-order valence-corrected chi connectivity index (χ0v) is 13.0. The maximum atomic E-state index is 11.9. The summed E-state index contributed by atoms with van der Waals surface area (Å²) in [5.74, 6) is 1.04. The minimum atomic E-state index is -0.245. The van der Waals surface area contributed by atoms with Crippen molar-refractivity contribution in [1.82, 2.24) is 0 Å². The van der Waals surface area contributed by atoms with Crippen LogP contribution < -0.4 is 20.5 Å². The number of ether oxygens (including phenoxy) is 2. The first-order valence-corrected chi connectivity index (χ1v) is 6.93. The van der Waals surface area contributed by atoms with Crippen molar-refractivity contribution in [2.24, 2.45) is 0 Å². The summed E-state index contributed by atoms with van der Waals surface area (Å²) in [6, 6.07) is 10.8. The second-order valence-corrected chi connectivity index (χ2v) is 4.99. The van der Waals surface area contributed by atoms with E-state index in [1.54, 1.807) is 25.3 Å². The van der Waals surface area contributed by atoms with Crippen molar-refractivity contribution < 1.29 is 14.3 Å². The zero-order chi connectivity index (χ0) is 16.1. The summed E-state index contributed by atoms with van der Waals surface area (Å²) < 4.78 is 10.6. The maximum Gasteiger partial charge on any atom is 0.262 e.